The van der Waals surface area contributed by atoms with E-state index in [4.69, 9.17) is 22.1 Å². The van der Waals surface area contributed by atoms with E-state index < -0.39 is 5.97 Å². The molecule has 5 nitrogen and oxygen atoms in total. The summed E-state index contributed by atoms with van der Waals surface area (Å²) in [5, 5.41) is 8.63. The summed E-state index contributed by atoms with van der Waals surface area (Å²) in [6.45, 7) is 0.526. The van der Waals surface area contributed by atoms with E-state index in [0.717, 1.165) is 24.2 Å². The van der Waals surface area contributed by atoms with Crippen LogP contribution in [-0.4, -0.2) is 39.9 Å². The molecule has 0 aromatic heterocycles. The van der Waals surface area contributed by atoms with Crippen LogP contribution in [0.2, 0.25) is 0 Å². The number of carbonyl (C=O) groups excluding carboxylic acids is 1. The molecule has 0 spiro atoms. The minimum Gasteiger partial charge on any atom is -0.496 e. The Hall–Kier alpha value is -2.12. The highest BCUT2D eigenvalue weighted by Crippen LogP contribution is 2.31. The molecular formula is C19H21NO4S2. The number of hydrogen-bond acceptors (Lipinski definition) is 5. The van der Waals surface area contributed by atoms with Gasteiger partial charge in [-0.2, -0.15) is 0 Å². The highest BCUT2D eigenvalue weighted by atomic mass is 32.2. The normalized spacial score (nSPS) is 16.0. The zero-order valence-electron chi connectivity index (χ0n) is 14.5. The van der Waals surface area contributed by atoms with Crippen LogP contribution in [-0.2, 0) is 9.59 Å². The predicted molar refractivity (Wildman–Crippen MR) is 108 cm³/mol. The lowest BCUT2D eigenvalue weighted by Gasteiger charge is -2.13. The smallest absolute Gasteiger partial charge is 0.303 e. The van der Waals surface area contributed by atoms with Crippen LogP contribution in [0.25, 0.3) is 6.08 Å². The first-order valence-corrected chi connectivity index (χ1v) is 9.52. The van der Waals surface area contributed by atoms with Crippen molar-refractivity contribution >= 4 is 46.3 Å². The van der Waals surface area contributed by atoms with E-state index in [2.05, 4.69) is 0 Å². The van der Waals surface area contributed by atoms with Crippen molar-refractivity contribution < 1.29 is 19.4 Å². The van der Waals surface area contributed by atoms with Gasteiger partial charge in [0, 0.05) is 18.5 Å². The number of carbonyl (C=O) groups is 2. The Labute approximate surface area is 162 Å². The fourth-order valence-electron chi connectivity index (χ4n) is 2.47. The van der Waals surface area contributed by atoms with Gasteiger partial charge in [-0.05, 0) is 25.0 Å². The summed E-state index contributed by atoms with van der Waals surface area (Å²) >= 11 is 6.57. The Balaban J connectivity index is 1.91. The number of allylic oxidation sites excluding steroid dienone is 2. The number of benzene rings is 1. The number of nitrogens with zero attached hydrogens (tertiary/aromatic N) is 1. The van der Waals surface area contributed by atoms with Gasteiger partial charge in [-0.15, -0.1) is 0 Å². The van der Waals surface area contributed by atoms with Crippen molar-refractivity contribution in [2.75, 3.05) is 13.7 Å². The fourth-order valence-corrected chi connectivity index (χ4v) is 3.73. The van der Waals surface area contributed by atoms with Crippen molar-refractivity contribution in [3.8, 4) is 5.75 Å². The molecule has 1 aromatic carbocycles. The van der Waals surface area contributed by atoms with E-state index in [0.29, 0.717) is 22.2 Å². The van der Waals surface area contributed by atoms with Gasteiger partial charge in [0.25, 0.3) is 5.91 Å². The van der Waals surface area contributed by atoms with Gasteiger partial charge in [-0.1, -0.05) is 60.8 Å². The van der Waals surface area contributed by atoms with Crippen molar-refractivity contribution in [1.29, 1.82) is 0 Å². The van der Waals surface area contributed by atoms with Crippen LogP contribution < -0.4 is 4.74 Å². The van der Waals surface area contributed by atoms with E-state index in [-0.39, 0.29) is 12.3 Å². The van der Waals surface area contributed by atoms with Crippen LogP contribution in [0.5, 0.6) is 5.75 Å². The number of carboxylic acids is 1. The highest BCUT2D eigenvalue weighted by Gasteiger charge is 2.30. The minimum absolute atomic E-state index is 0.0945. The summed E-state index contributed by atoms with van der Waals surface area (Å²) < 4.78 is 5.84. The van der Waals surface area contributed by atoms with Crippen LogP contribution in [0.1, 0.15) is 31.2 Å². The van der Waals surface area contributed by atoms with E-state index in [1.54, 1.807) is 18.1 Å². The largest absolute Gasteiger partial charge is 0.496 e. The molecule has 1 fully saturated rings. The molecule has 0 aliphatic carbocycles. The molecule has 138 valence electrons. The Morgan fingerprint density at radius 3 is 2.81 bits per heavy atom. The third-order valence-electron chi connectivity index (χ3n) is 3.81. The molecular weight excluding hydrogens is 370 g/mol. The summed E-state index contributed by atoms with van der Waals surface area (Å²) in [7, 11) is 1.62. The standard InChI is InChI=1S/C19H21NO4S2/c1-24-15-10-5-4-8-14(15)9-7-11-16-18(23)20(19(25)26-16)13-6-2-3-12-17(21)22/h4-5,7-11H,2-3,6,12-13H2,1H3,(H,21,22)/b9-7+,16-11-. The van der Waals surface area contributed by atoms with Crippen LogP contribution in [0.15, 0.2) is 41.3 Å². The molecule has 0 radical (unpaired) electrons. The fraction of sp³-hybridized carbons (Fsp3) is 0.316. The first kappa shape index (κ1) is 20.2. The Bertz CT molecular complexity index is 743. The van der Waals surface area contributed by atoms with Crippen LogP contribution >= 0.6 is 24.0 Å². The van der Waals surface area contributed by atoms with Gasteiger partial charge in [0.1, 0.15) is 10.1 Å². The molecule has 1 aliphatic heterocycles. The number of para-hydroxylation sites is 1. The molecule has 1 aromatic rings. The average molecular weight is 392 g/mol. The number of amides is 1. The first-order valence-electron chi connectivity index (χ1n) is 8.29. The van der Waals surface area contributed by atoms with Crippen LogP contribution in [0, 0.1) is 0 Å². The Morgan fingerprint density at radius 2 is 2.08 bits per heavy atom. The number of thiocarbonyl (C=S) groups is 1. The summed E-state index contributed by atoms with van der Waals surface area (Å²) in [6.07, 6.45) is 7.73. The maximum atomic E-state index is 12.4. The zero-order chi connectivity index (χ0) is 18.9. The molecule has 1 saturated heterocycles. The number of methoxy groups -OCH3 is 1. The molecule has 7 heteroatoms. The topological polar surface area (TPSA) is 66.8 Å². The molecule has 1 N–H and O–H groups in total. The quantitative estimate of drug-likeness (QED) is 0.388. The van der Waals surface area contributed by atoms with E-state index in [1.807, 2.05) is 36.4 Å². The maximum Gasteiger partial charge on any atom is 0.303 e. The lowest BCUT2D eigenvalue weighted by molar-refractivity contribution is -0.137. The second-order valence-corrected chi connectivity index (χ2v) is 7.34. The highest BCUT2D eigenvalue weighted by molar-refractivity contribution is 8.26. The summed E-state index contributed by atoms with van der Waals surface area (Å²) in [5.41, 5.74) is 0.931. The van der Waals surface area contributed by atoms with Crippen molar-refractivity contribution in [2.24, 2.45) is 0 Å². The van der Waals surface area contributed by atoms with Gasteiger partial charge in [0.2, 0.25) is 0 Å². The molecule has 26 heavy (non-hydrogen) atoms. The third kappa shape index (κ3) is 5.71. The van der Waals surface area contributed by atoms with Gasteiger partial charge in [-0.25, -0.2) is 0 Å². The summed E-state index contributed by atoms with van der Waals surface area (Å²) in [5.74, 6) is -0.116. The van der Waals surface area contributed by atoms with Crippen molar-refractivity contribution in [1.82, 2.24) is 4.90 Å². The number of carboxylic acid groups (broad SMARTS) is 1. The molecule has 0 unspecified atom stereocenters. The molecule has 0 saturated carbocycles. The van der Waals surface area contributed by atoms with Gasteiger partial charge in [-0.3, -0.25) is 14.5 Å². The lowest BCUT2D eigenvalue weighted by Crippen LogP contribution is -2.29. The number of ether oxygens (including phenoxy) is 1. The van der Waals surface area contributed by atoms with Crippen LogP contribution in [0.3, 0.4) is 0 Å². The molecule has 1 aliphatic rings. The monoisotopic (exact) mass is 391 g/mol. The zero-order valence-corrected chi connectivity index (χ0v) is 16.1. The minimum atomic E-state index is -0.791. The molecule has 1 amide bonds. The third-order valence-corrected chi connectivity index (χ3v) is 5.20. The van der Waals surface area contributed by atoms with Crippen LogP contribution in [0.4, 0.5) is 0 Å². The summed E-state index contributed by atoms with van der Waals surface area (Å²) in [4.78, 5) is 25.1. The summed E-state index contributed by atoms with van der Waals surface area (Å²) in [6, 6.07) is 7.64. The Morgan fingerprint density at radius 1 is 1.31 bits per heavy atom. The molecule has 0 bridgehead atoms. The SMILES string of the molecule is COc1ccccc1/C=C/C=C1\SC(=S)N(CCCCCC(=O)O)C1=O. The number of hydrogen-bond donors (Lipinski definition) is 1. The van der Waals surface area contributed by atoms with Crippen molar-refractivity contribution in [2.45, 2.75) is 25.7 Å². The second kappa shape index (κ2) is 10.1. The van der Waals surface area contributed by atoms with E-state index in [1.165, 1.54) is 11.8 Å². The number of thioether (sulfide) groups is 1. The van der Waals surface area contributed by atoms with E-state index in [9.17, 15) is 9.59 Å². The van der Waals surface area contributed by atoms with E-state index >= 15 is 0 Å². The molecule has 2 rings (SSSR count). The Kier molecular flexibility index (Phi) is 7.87. The van der Waals surface area contributed by atoms with Crippen molar-refractivity contribution in [3.05, 3.63) is 46.9 Å². The maximum absolute atomic E-state index is 12.4. The lowest BCUT2D eigenvalue weighted by atomic mass is 10.2. The van der Waals surface area contributed by atoms with Gasteiger partial charge < -0.3 is 9.84 Å². The number of unbranched alkanes of at least 4 members (excludes halogenated alkanes) is 2. The van der Waals surface area contributed by atoms with Gasteiger partial charge >= 0.3 is 5.97 Å². The first-order chi connectivity index (χ1) is 12.5. The second-order valence-electron chi connectivity index (χ2n) is 5.66. The number of aliphatic carboxylic acids is 1. The van der Waals surface area contributed by atoms with Gasteiger partial charge in [0.05, 0.1) is 12.0 Å². The molecule has 0 atom stereocenters. The number of rotatable bonds is 9. The predicted octanol–water partition coefficient (Wildman–Crippen LogP) is 4.10. The average Bonchev–Trinajstić information content (AvgIpc) is 2.89. The molecule has 1 heterocycles. The van der Waals surface area contributed by atoms with Gasteiger partial charge in [0.15, 0.2) is 0 Å². The van der Waals surface area contributed by atoms with Crippen molar-refractivity contribution in [3.63, 3.8) is 0 Å².